The van der Waals surface area contributed by atoms with Crippen LogP contribution in [0.3, 0.4) is 0 Å². The number of methoxy groups -OCH3 is 2. The number of hydrazone groups is 1. The Balaban J connectivity index is 2.45. The van der Waals surface area contributed by atoms with Crippen molar-refractivity contribution in [1.29, 1.82) is 0 Å². The quantitative estimate of drug-likeness (QED) is 0.624. The second kappa shape index (κ2) is 4.96. The van der Waals surface area contributed by atoms with Gasteiger partial charge in [-0.3, -0.25) is 0 Å². The second-order valence-electron chi connectivity index (χ2n) is 4.05. The van der Waals surface area contributed by atoms with Gasteiger partial charge in [-0.25, -0.2) is 15.8 Å². The van der Waals surface area contributed by atoms with Crippen LogP contribution in [-0.2, 0) is 15.2 Å². The number of ether oxygens (including phenoxy) is 2. The standard InChI is InChI=1S/C12H16N4O3/c1-15-14-8-12(19-3,16(15)13)10-6-4-5-9(7-10)11(17)18-2/h4-8H,13H2,1-3H3. The van der Waals surface area contributed by atoms with E-state index < -0.39 is 11.7 Å². The number of nitrogens with zero attached hydrogens (tertiary/aromatic N) is 3. The molecule has 7 nitrogen and oxygen atoms in total. The van der Waals surface area contributed by atoms with Gasteiger partial charge in [-0.2, -0.15) is 5.10 Å². The summed E-state index contributed by atoms with van der Waals surface area (Å²) in [6.07, 6.45) is 1.57. The zero-order chi connectivity index (χ0) is 14.0. The lowest BCUT2D eigenvalue weighted by molar-refractivity contribution is -0.167. The fourth-order valence-electron chi connectivity index (χ4n) is 1.95. The number of benzene rings is 1. The van der Waals surface area contributed by atoms with Gasteiger partial charge in [0, 0.05) is 19.7 Å². The molecular formula is C12H16N4O3. The van der Waals surface area contributed by atoms with Crippen LogP contribution in [-0.4, -0.2) is 43.7 Å². The Labute approximate surface area is 111 Å². The summed E-state index contributed by atoms with van der Waals surface area (Å²) in [5, 5.41) is 6.87. The molecule has 1 unspecified atom stereocenters. The predicted octanol–water partition coefficient (Wildman–Crippen LogP) is 0.294. The van der Waals surface area contributed by atoms with E-state index in [1.807, 2.05) is 0 Å². The summed E-state index contributed by atoms with van der Waals surface area (Å²) in [5.41, 5.74) is 0.0833. The van der Waals surface area contributed by atoms with Crippen LogP contribution in [0.2, 0.25) is 0 Å². The van der Waals surface area contributed by atoms with Gasteiger partial charge in [0.05, 0.1) is 18.9 Å². The smallest absolute Gasteiger partial charge is 0.337 e. The van der Waals surface area contributed by atoms with Gasteiger partial charge in [0.1, 0.15) is 0 Å². The third-order valence-corrected chi connectivity index (χ3v) is 3.06. The number of carbonyl (C=O) groups excluding carboxylic acids is 1. The predicted molar refractivity (Wildman–Crippen MR) is 68.7 cm³/mol. The maximum Gasteiger partial charge on any atom is 0.337 e. The first kappa shape index (κ1) is 13.5. The minimum atomic E-state index is -1.03. The highest BCUT2D eigenvalue weighted by Gasteiger charge is 2.43. The number of hydrazine groups is 2. The highest BCUT2D eigenvalue weighted by atomic mass is 16.5. The summed E-state index contributed by atoms with van der Waals surface area (Å²) < 4.78 is 10.2. The van der Waals surface area contributed by atoms with Crippen LogP contribution in [0.15, 0.2) is 29.4 Å². The second-order valence-corrected chi connectivity index (χ2v) is 4.05. The van der Waals surface area contributed by atoms with E-state index in [9.17, 15) is 4.79 Å². The number of hydrogen-bond acceptors (Lipinski definition) is 7. The lowest BCUT2D eigenvalue weighted by Gasteiger charge is -2.34. The average molecular weight is 264 g/mol. The number of esters is 1. The van der Waals surface area contributed by atoms with Crippen LogP contribution in [0, 0.1) is 0 Å². The average Bonchev–Trinajstić information content (AvgIpc) is 2.75. The molecule has 0 saturated carbocycles. The third kappa shape index (κ3) is 2.07. The molecule has 1 aliphatic heterocycles. The SMILES string of the molecule is COC(=O)c1cccc(C2(OC)C=NN(C)N2N)c1. The maximum atomic E-state index is 11.6. The summed E-state index contributed by atoms with van der Waals surface area (Å²) in [6, 6.07) is 6.87. The van der Waals surface area contributed by atoms with Crippen molar-refractivity contribution in [3.8, 4) is 0 Å². The molecular weight excluding hydrogens is 248 g/mol. The molecule has 0 amide bonds. The molecule has 0 fully saturated rings. The number of rotatable bonds is 3. The van der Waals surface area contributed by atoms with Gasteiger partial charge in [-0.15, -0.1) is 0 Å². The van der Waals surface area contributed by atoms with Crippen molar-refractivity contribution in [2.75, 3.05) is 21.3 Å². The summed E-state index contributed by atoms with van der Waals surface area (Å²) in [7, 11) is 4.55. The molecule has 1 aromatic carbocycles. The van der Waals surface area contributed by atoms with Gasteiger partial charge in [-0.05, 0) is 12.1 Å². The number of hydrogen-bond donors (Lipinski definition) is 1. The maximum absolute atomic E-state index is 11.6. The first-order valence-electron chi connectivity index (χ1n) is 5.63. The van der Waals surface area contributed by atoms with Crippen LogP contribution >= 0.6 is 0 Å². The van der Waals surface area contributed by atoms with E-state index in [1.54, 1.807) is 37.5 Å². The van der Waals surface area contributed by atoms with E-state index >= 15 is 0 Å². The normalized spacial score (nSPS) is 22.8. The van der Waals surface area contributed by atoms with Crippen molar-refractivity contribution >= 4 is 12.2 Å². The number of carbonyl (C=O) groups is 1. The van der Waals surface area contributed by atoms with Crippen LogP contribution in [0.25, 0.3) is 0 Å². The lowest BCUT2D eigenvalue weighted by atomic mass is 10.0. The molecule has 2 rings (SSSR count). The van der Waals surface area contributed by atoms with Crippen LogP contribution in [0.4, 0.5) is 0 Å². The van der Waals surface area contributed by atoms with Gasteiger partial charge >= 0.3 is 5.97 Å². The van der Waals surface area contributed by atoms with E-state index in [4.69, 9.17) is 15.3 Å². The van der Waals surface area contributed by atoms with E-state index in [1.165, 1.54) is 24.5 Å². The fourth-order valence-corrected chi connectivity index (χ4v) is 1.95. The zero-order valence-corrected chi connectivity index (χ0v) is 11.0. The molecule has 1 heterocycles. The summed E-state index contributed by atoms with van der Waals surface area (Å²) in [6.45, 7) is 0. The van der Waals surface area contributed by atoms with Gasteiger partial charge in [0.2, 0.25) is 5.72 Å². The molecule has 1 aromatic rings. The van der Waals surface area contributed by atoms with Gasteiger partial charge < -0.3 is 9.47 Å². The van der Waals surface area contributed by atoms with E-state index in [-0.39, 0.29) is 0 Å². The van der Waals surface area contributed by atoms with Crippen molar-refractivity contribution in [2.45, 2.75) is 5.72 Å². The molecule has 2 N–H and O–H groups in total. The molecule has 0 aliphatic carbocycles. The summed E-state index contributed by atoms with van der Waals surface area (Å²) in [5.74, 6) is 5.54. The van der Waals surface area contributed by atoms with E-state index in [0.29, 0.717) is 11.1 Å². The molecule has 19 heavy (non-hydrogen) atoms. The minimum Gasteiger partial charge on any atom is -0.465 e. The Morgan fingerprint density at radius 1 is 1.42 bits per heavy atom. The van der Waals surface area contributed by atoms with Gasteiger partial charge in [0.15, 0.2) is 0 Å². The molecule has 102 valence electrons. The van der Waals surface area contributed by atoms with Crippen molar-refractivity contribution in [2.24, 2.45) is 10.9 Å². The summed E-state index contributed by atoms with van der Waals surface area (Å²) >= 11 is 0. The number of nitrogens with two attached hydrogens (primary N) is 1. The van der Waals surface area contributed by atoms with Crippen LogP contribution in [0.5, 0.6) is 0 Å². The van der Waals surface area contributed by atoms with Crippen LogP contribution in [0.1, 0.15) is 15.9 Å². The zero-order valence-electron chi connectivity index (χ0n) is 11.0. The lowest BCUT2D eigenvalue weighted by Crippen LogP contribution is -2.54. The molecule has 0 saturated heterocycles. The fraction of sp³-hybridized carbons (Fsp3) is 0.333. The van der Waals surface area contributed by atoms with E-state index in [0.717, 1.165) is 0 Å². The first-order chi connectivity index (χ1) is 9.05. The Bertz CT molecular complexity index is 519. The first-order valence-corrected chi connectivity index (χ1v) is 5.63. The van der Waals surface area contributed by atoms with Crippen molar-refractivity contribution in [3.63, 3.8) is 0 Å². The molecule has 7 heteroatoms. The molecule has 1 aliphatic rings. The molecule has 1 atom stereocenters. The Morgan fingerprint density at radius 2 is 2.16 bits per heavy atom. The Morgan fingerprint density at radius 3 is 2.68 bits per heavy atom. The van der Waals surface area contributed by atoms with Gasteiger partial charge in [0.25, 0.3) is 0 Å². The van der Waals surface area contributed by atoms with Crippen molar-refractivity contribution < 1.29 is 14.3 Å². The molecule has 0 bridgehead atoms. The highest BCUT2D eigenvalue weighted by molar-refractivity contribution is 5.90. The Hall–Kier alpha value is -1.96. The minimum absolute atomic E-state index is 0.417. The highest BCUT2D eigenvalue weighted by Crippen LogP contribution is 2.30. The van der Waals surface area contributed by atoms with Crippen LogP contribution < -0.4 is 5.84 Å². The molecule has 0 spiro atoms. The Kier molecular flexibility index (Phi) is 3.52. The largest absolute Gasteiger partial charge is 0.465 e. The topological polar surface area (TPSA) is 80.4 Å². The molecule has 0 radical (unpaired) electrons. The van der Waals surface area contributed by atoms with Crippen molar-refractivity contribution in [1.82, 2.24) is 10.2 Å². The monoisotopic (exact) mass is 264 g/mol. The third-order valence-electron chi connectivity index (χ3n) is 3.06. The summed E-state index contributed by atoms with van der Waals surface area (Å²) in [4.78, 5) is 11.6. The van der Waals surface area contributed by atoms with Crippen molar-refractivity contribution in [3.05, 3.63) is 35.4 Å². The molecule has 0 aromatic heterocycles. The van der Waals surface area contributed by atoms with Gasteiger partial charge in [-0.1, -0.05) is 17.3 Å². The van der Waals surface area contributed by atoms with E-state index in [2.05, 4.69) is 5.10 Å².